The molecule has 0 spiro atoms. The third-order valence-electron chi connectivity index (χ3n) is 9.20. The number of carbonyl (C=O) groups is 1. The maximum atomic E-state index is 12.6. The van der Waals surface area contributed by atoms with Crippen LogP contribution < -0.4 is 5.73 Å². The van der Waals surface area contributed by atoms with Crippen LogP contribution >= 0.6 is 7.82 Å². The van der Waals surface area contributed by atoms with E-state index in [-0.39, 0.29) is 38.8 Å². The van der Waals surface area contributed by atoms with Gasteiger partial charge in [0, 0.05) is 13.0 Å². The third kappa shape index (κ3) is 42.9. The van der Waals surface area contributed by atoms with Gasteiger partial charge in [0.25, 0.3) is 0 Å². The molecule has 3 N–H and O–H groups in total. The standard InChI is InChI=1S/C47H84NO7P/c1-3-5-7-9-11-13-15-17-19-21-23-24-26-28-30-32-34-36-38-40-47(49)55-46(45-54-56(50,51)53-43-41-48)44-52-42-39-37-35-33-31-29-27-25-22-20-18-16-14-12-10-8-6-4-2/h5,7,11,13,17,19,23-24,28,30,39,42,46H,3-4,6,8-10,12,14-16,18,20-22,25-27,29,31-38,40-41,43-45,48H2,1-2H3,(H,50,51)/b7-5+,13-11+,19-17+,24-23+,30-28+,42-39+/t46-/m1/s1. The minimum absolute atomic E-state index is 0.0160. The van der Waals surface area contributed by atoms with Crippen molar-refractivity contribution in [3.05, 3.63) is 73.1 Å². The van der Waals surface area contributed by atoms with E-state index in [2.05, 4.69) is 74.6 Å². The van der Waals surface area contributed by atoms with E-state index in [4.69, 9.17) is 24.3 Å². The minimum atomic E-state index is -4.31. The molecule has 0 amide bonds. The fourth-order valence-corrected chi connectivity index (χ4v) is 6.70. The third-order valence-corrected chi connectivity index (χ3v) is 10.2. The first-order valence-electron chi connectivity index (χ1n) is 22.5. The van der Waals surface area contributed by atoms with Gasteiger partial charge in [0.2, 0.25) is 0 Å². The summed E-state index contributed by atoms with van der Waals surface area (Å²) in [5, 5.41) is 0. The lowest BCUT2D eigenvalue weighted by Crippen LogP contribution is -2.27. The second kappa shape index (κ2) is 43.9. The van der Waals surface area contributed by atoms with Gasteiger partial charge in [-0.15, -0.1) is 0 Å². The van der Waals surface area contributed by atoms with Gasteiger partial charge < -0.3 is 20.1 Å². The fourth-order valence-electron chi connectivity index (χ4n) is 5.93. The highest BCUT2D eigenvalue weighted by atomic mass is 31.2. The molecule has 0 heterocycles. The topological polar surface area (TPSA) is 117 Å². The van der Waals surface area contributed by atoms with E-state index >= 15 is 0 Å². The molecule has 0 aliphatic carbocycles. The lowest BCUT2D eigenvalue weighted by atomic mass is 10.0. The zero-order chi connectivity index (χ0) is 40.9. The number of phosphoric ester groups is 1. The van der Waals surface area contributed by atoms with Crippen molar-refractivity contribution in [2.75, 3.05) is 26.4 Å². The molecule has 0 fully saturated rings. The van der Waals surface area contributed by atoms with Gasteiger partial charge in [0.15, 0.2) is 6.10 Å². The molecule has 0 bridgehead atoms. The van der Waals surface area contributed by atoms with Gasteiger partial charge in [-0.1, -0.05) is 177 Å². The van der Waals surface area contributed by atoms with Crippen molar-refractivity contribution in [1.29, 1.82) is 0 Å². The lowest BCUT2D eigenvalue weighted by molar-refractivity contribution is -0.153. The number of phosphoric acid groups is 1. The Labute approximate surface area is 344 Å². The van der Waals surface area contributed by atoms with Crippen LogP contribution in [0.2, 0.25) is 0 Å². The van der Waals surface area contributed by atoms with Crippen LogP contribution in [0.1, 0.15) is 187 Å². The Morgan fingerprint density at radius 3 is 1.52 bits per heavy atom. The number of hydrogen-bond acceptors (Lipinski definition) is 7. The molecule has 0 radical (unpaired) electrons. The van der Waals surface area contributed by atoms with E-state index in [1.54, 1.807) is 6.26 Å². The summed E-state index contributed by atoms with van der Waals surface area (Å²) in [5.74, 6) is -0.384. The number of hydrogen-bond donors (Lipinski definition) is 2. The van der Waals surface area contributed by atoms with E-state index in [0.29, 0.717) is 6.42 Å². The highest BCUT2D eigenvalue weighted by molar-refractivity contribution is 7.47. The first-order chi connectivity index (χ1) is 27.4. The number of esters is 1. The molecule has 8 nitrogen and oxygen atoms in total. The lowest BCUT2D eigenvalue weighted by Gasteiger charge is -2.19. The molecular formula is C47H84NO7P. The van der Waals surface area contributed by atoms with Crippen LogP contribution in [0.3, 0.4) is 0 Å². The summed E-state index contributed by atoms with van der Waals surface area (Å²) in [6.07, 6.45) is 55.9. The average molecular weight is 806 g/mol. The Morgan fingerprint density at radius 1 is 0.571 bits per heavy atom. The Hall–Kier alpha value is -2.22. The molecule has 0 aromatic rings. The highest BCUT2D eigenvalue weighted by Crippen LogP contribution is 2.43. The van der Waals surface area contributed by atoms with Crippen molar-refractivity contribution >= 4 is 13.8 Å². The monoisotopic (exact) mass is 806 g/mol. The highest BCUT2D eigenvalue weighted by Gasteiger charge is 2.25. The van der Waals surface area contributed by atoms with Crippen LogP contribution in [0.5, 0.6) is 0 Å². The van der Waals surface area contributed by atoms with Crippen molar-refractivity contribution in [1.82, 2.24) is 0 Å². The van der Waals surface area contributed by atoms with Gasteiger partial charge in [-0.3, -0.25) is 13.8 Å². The molecule has 0 rings (SSSR count). The number of nitrogens with two attached hydrogens (primary N) is 1. The normalized spacial score (nSPS) is 14.1. The SMILES string of the molecule is CC/C=C/C/C=C/C/C=C/C/C=C/C/C=C/CCCCCC(=O)O[C@H](CO/C=C/CCCCCCCCCCCCCCCCCC)COP(=O)(O)OCCN. The molecule has 0 aliphatic heterocycles. The van der Waals surface area contributed by atoms with Gasteiger partial charge >= 0.3 is 13.8 Å². The fraction of sp³-hybridized carbons (Fsp3) is 0.723. The smallest absolute Gasteiger partial charge is 0.472 e. The summed E-state index contributed by atoms with van der Waals surface area (Å²) in [5.41, 5.74) is 5.36. The molecule has 9 heteroatoms. The first kappa shape index (κ1) is 53.8. The van der Waals surface area contributed by atoms with E-state index in [1.165, 1.54) is 96.3 Å². The van der Waals surface area contributed by atoms with Crippen LogP contribution in [-0.4, -0.2) is 43.3 Å². The molecule has 0 aliphatic rings. The molecule has 0 aromatic heterocycles. The van der Waals surface area contributed by atoms with Gasteiger partial charge in [0.1, 0.15) is 6.61 Å². The number of ether oxygens (including phenoxy) is 2. The summed E-state index contributed by atoms with van der Waals surface area (Å²) in [6.45, 7) is 4.09. The maximum absolute atomic E-state index is 12.6. The Kier molecular flexibility index (Phi) is 42.2. The molecule has 1 unspecified atom stereocenters. The summed E-state index contributed by atoms with van der Waals surface area (Å²) in [6, 6.07) is 0. The van der Waals surface area contributed by atoms with E-state index < -0.39 is 13.9 Å². The number of unbranched alkanes of at least 4 members (excludes halogenated alkanes) is 19. The molecule has 0 saturated carbocycles. The zero-order valence-electron chi connectivity index (χ0n) is 35.8. The van der Waals surface area contributed by atoms with Crippen LogP contribution in [0.4, 0.5) is 0 Å². The molecule has 0 aromatic carbocycles. The summed E-state index contributed by atoms with van der Waals surface area (Å²) in [7, 11) is -4.31. The number of rotatable bonds is 42. The quantitative estimate of drug-likeness (QED) is 0.0206. The predicted molar refractivity (Wildman–Crippen MR) is 237 cm³/mol. The van der Waals surface area contributed by atoms with Crippen LogP contribution in [0.25, 0.3) is 0 Å². The van der Waals surface area contributed by atoms with Crippen LogP contribution in [0, 0.1) is 0 Å². The zero-order valence-corrected chi connectivity index (χ0v) is 36.7. The van der Waals surface area contributed by atoms with Gasteiger partial charge in [0.05, 0.1) is 19.5 Å². The minimum Gasteiger partial charge on any atom is -0.498 e. The predicted octanol–water partition coefficient (Wildman–Crippen LogP) is 13.9. The number of carbonyl (C=O) groups excluding carboxylic acids is 1. The van der Waals surface area contributed by atoms with E-state index in [9.17, 15) is 14.3 Å². The van der Waals surface area contributed by atoms with Crippen LogP contribution in [-0.2, 0) is 27.9 Å². The van der Waals surface area contributed by atoms with Crippen molar-refractivity contribution < 1.29 is 32.8 Å². The van der Waals surface area contributed by atoms with E-state index in [1.807, 2.05) is 6.08 Å². The Bertz CT molecular complexity index is 1080. The van der Waals surface area contributed by atoms with Crippen LogP contribution in [0.15, 0.2) is 73.1 Å². The molecular weight excluding hydrogens is 721 g/mol. The van der Waals surface area contributed by atoms with Crippen molar-refractivity contribution in [3.8, 4) is 0 Å². The maximum Gasteiger partial charge on any atom is 0.472 e. The number of allylic oxidation sites excluding steroid dienone is 11. The summed E-state index contributed by atoms with van der Waals surface area (Å²) in [4.78, 5) is 22.5. The largest absolute Gasteiger partial charge is 0.498 e. The van der Waals surface area contributed by atoms with E-state index in [0.717, 1.165) is 64.2 Å². The second-order valence-electron chi connectivity index (χ2n) is 14.6. The van der Waals surface area contributed by atoms with Gasteiger partial charge in [-0.25, -0.2) is 4.57 Å². The molecule has 2 atom stereocenters. The molecule has 56 heavy (non-hydrogen) atoms. The molecule has 324 valence electrons. The summed E-state index contributed by atoms with van der Waals surface area (Å²) >= 11 is 0. The first-order valence-corrected chi connectivity index (χ1v) is 24.0. The van der Waals surface area contributed by atoms with Gasteiger partial charge in [-0.2, -0.15) is 0 Å². The summed E-state index contributed by atoms with van der Waals surface area (Å²) < 4.78 is 33.2. The van der Waals surface area contributed by atoms with Crippen molar-refractivity contribution in [2.45, 2.75) is 193 Å². The Balaban J connectivity index is 4.14. The Morgan fingerprint density at radius 2 is 1.02 bits per heavy atom. The van der Waals surface area contributed by atoms with Crippen molar-refractivity contribution in [3.63, 3.8) is 0 Å². The van der Waals surface area contributed by atoms with Crippen molar-refractivity contribution in [2.24, 2.45) is 5.73 Å². The average Bonchev–Trinajstić information content (AvgIpc) is 3.19. The molecule has 0 saturated heterocycles. The van der Waals surface area contributed by atoms with Gasteiger partial charge in [-0.05, 0) is 70.3 Å². The second-order valence-corrected chi connectivity index (χ2v) is 16.1.